The maximum atomic E-state index is 10.6. The van der Waals surface area contributed by atoms with Crippen LogP contribution >= 0.6 is 0 Å². The fraction of sp³-hybridized carbons (Fsp3) is 0.417. The lowest BCUT2D eigenvalue weighted by atomic mass is 10.3. The van der Waals surface area contributed by atoms with Gasteiger partial charge in [-0.15, -0.1) is 0 Å². The van der Waals surface area contributed by atoms with Gasteiger partial charge in [0.15, 0.2) is 0 Å². The molecule has 0 amide bonds. The van der Waals surface area contributed by atoms with E-state index in [1.165, 1.54) is 17.1 Å². The quantitative estimate of drug-likeness (QED) is 0.290. The van der Waals surface area contributed by atoms with Crippen molar-refractivity contribution in [2.24, 2.45) is 7.05 Å². The number of fused-ring (bicyclic) bond motifs is 1. The Kier molecular flexibility index (Phi) is 14.4. The monoisotopic (exact) mass is 679 g/mol. The Labute approximate surface area is 252 Å². The van der Waals surface area contributed by atoms with Crippen LogP contribution in [0.4, 0.5) is 45.3 Å². The SMILES string of the molecule is Cn1cc(CN2CCc3ncc(CNc4ccccn4)n3CC2)cn1.O=C(O)C(F)(F)F.O=C(O)C(F)(F)F.O=C(O)C(F)(F)F. The van der Waals surface area contributed by atoms with Gasteiger partial charge in [0.2, 0.25) is 0 Å². The largest absolute Gasteiger partial charge is 0.490 e. The maximum Gasteiger partial charge on any atom is 0.490 e. The molecule has 3 aromatic rings. The van der Waals surface area contributed by atoms with E-state index in [1.54, 1.807) is 6.20 Å². The second-order valence-corrected chi connectivity index (χ2v) is 8.84. The molecule has 256 valence electrons. The van der Waals surface area contributed by atoms with Crippen LogP contribution in [0.1, 0.15) is 17.1 Å². The minimum Gasteiger partial charge on any atom is -0.475 e. The molecule has 0 saturated heterocycles. The first-order valence-electron chi connectivity index (χ1n) is 12.4. The summed E-state index contributed by atoms with van der Waals surface area (Å²) in [6.45, 7) is 4.70. The van der Waals surface area contributed by atoms with Gasteiger partial charge in [-0.25, -0.2) is 24.4 Å². The zero-order valence-electron chi connectivity index (χ0n) is 23.4. The van der Waals surface area contributed by atoms with Gasteiger partial charge in [0.05, 0.1) is 24.6 Å². The first kappa shape index (κ1) is 39.1. The van der Waals surface area contributed by atoms with Gasteiger partial charge in [0.1, 0.15) is 11.6 Å². The number of aryl methyl sites for hydroxylation is 1. The summed E-state index contributed by atoms with van der Waals surface area (Å²) in [5, 5.41) is 29.0. The van der Waals surface area contributed by atoms with Crippen molar-refractivity contribution >= 4 is 23.7 Å². The standard InChI is InChI=1S/C18H23N7.3C2HF3O2/c1-23-13-15(10-22-23)14-24-7-5-18-21-12-16(25(18)9-8-24)11-20-17-4-2-3-6-19-17;3*3-2(4,5)1(6)7/h2-4,6,10,12-13H,5,7-9,11,14H2,1H3,(H,19,20);3*(H,6,7). The number of rotatable bonds is 5. The zero-order valence-corrected chi connectivity index (χ0v) is 23.4. The summed E-state index contributed by atoms with van der Waals surface area (Å²) < 4.78 is 99.4. The number of aromatic nitrogens is 5. The summed E-state index contributed by atoms with van der Waals surface area (Å²) in [7, 11) is 1.96. The molecule has 4 heterocycles. The molecule has 3 aromatic heterocycles. The summed E-state index contributed by atoms with van der Waals surface area (Å²) >= 11 is 0. The molecule has 0 atom stereocenters. The van der Waals surface area contributed by atoms with Crippen LogP contribution in [0.3, 0.4) is 0 Å². The average Bonchev–Trinajstić information content (AvgIpc) is 3.47. The summed E-state index contributed by atoms with van der Waals surface area (Å²) in [4.78, 5) is 38.1. The van der Waals surface area contributed by atoms with E-state index >= 15 is 0 Å². The number of halogens is 9. The molecule has 0 aromatic carbocycles. The number of pyridine rings is 1. The third kappa shape index (κ3) is 14.7. The molecule has 4 rings (SSSR count). The number of hydrogen-bond donors (Lipinski definition) is 4. The van der Waals surface area contributed by atoms with Crippen molar-refractivity contribution in [1.29, 1.82) is 0 Å². The number of alkyl halides is 9. The highest BCUT2D eigenvalue weighted by atomic mass is 19.4. The van der Waals surface area contributed by atoms with Gasteiger partial charge >= 0.3 is 36.4 Å². The first-order chi connectivity index (χ1) is 21.1. The fourth-order valence-corrected chi connectivity index (χ4v) is 3.30. The van der Waals surface area contributed by atoms with Crippen LogP contribution in [0.5, 0.6) is 0 Å². The average molecular weight is 679 g/mol. The number of nitrogens with zero attached hydrogens (tertiary/aromatic N) is 6. The predicted octanol–water partition coefficient (Wildman–Crippen LogP) is 3.58. The van der Waals surface area contributed by atoms with Gasteiger partial charge in [-0.2, -0.15) is 44.6 Å². The molecule has 1 aliphatic rings. The number of carbonyl (C=O) groups is 3. The number of aliphatic carboxylic acids is 3. The third-order valence-corrected chi connectivity index (χ3v) is 5.32. The summed E-state index contributed by atoms with van der Waals surface area (Å²) in [6, 6.07) is 5.89. The van der Waals surface area contributed by atoms with Crippen molar-refractivity contribution in [2.75, 3.05) is 18.4 Å². The van der Waals surface area contributed by atoms with E-state index in [9.17, 15) is 39.5 Å². The van der Waals surface area contributed by atoms with Crippen molar-refractivity contribution in [3.05, 3.63) is 60.1 Å². The van der Waals surface area contributed by atoms with Gasteiger partial charge in [-0.3, -0.25) is 9.58 Å². The molecule has 1 aliphatic heterocycles. The van der Waals surface area contributed by atoms with E-state index in [2.05, 4.69) is 36.0 Å². The number of nitrogens with one attached hydrogen (secondary N) is 1. The molecule has 0 radical (unpaired) electrons. The number of hydrogen-bond acceptors (Lipinski definition) is 8. The smallest absolute Gasteiger partial charge is 0.475 e. The molecule has 0 unspecified atom stereocenters. The van der Waals surface area contributed by atoms with Crippen molar-refractivity contribution in [3.8, 4) is 0 Å². The van der Waals surface area contributed by atoms with Crippen LogP contribution in [-0.4, -0.2) is 94.1 Å². The van der Waals surface area contributed by atoms with E-state index in [0.29, 0.717) is 0 Å². The Balaban J connectivity index is 0.000000413. The van der Waals surface area contributed by atoms with Gasteiger partial charge in [-0.1, -0.05) is 6.07 Å². The van der Waals surface area contributed by atoms with Crippen LogP contribution in [0.15, 0.2) is 43.0 Å². The van der Waals surface area contributed by atoms with E-state index in [-0.39, 0.29) is 0 Å². The number of carboxylic acid groups (broad SMARTS) is 3. The van der Waals surface area contributed by atoms with Crippen molar-refractivity contribution in [3.63, 3.8) is 0 Å². The van der Waals surface area contributed by atoms with Crippen molar-refractivity contribution in [2.45, 2.75) is 44.6 Å². The van der Waals surface area contributed by atoms with Crippen LogP contribution in [-0.2, 0) is 47.5 Å². The molecule has 46 heavy (non-hydrogen) atoms. The highest BCUT2D eigenvalue weighted by Gasteiger charge is 2.39. The Hall–Kier alpha value is -4.89. The van der Waals surface area contributed by atoms with Gasteiger partial charge in [0.25, 0.3) is 0 Å². The Morgan fingerprint density at radius 2 is 1.37 bits per heavy atom. The van der Waals surface area contributed by atoms with E-state index in [1.807, 2.05) is 42.3 Å². The second-order valence-electron chi connectivity index (χ2n) is 8.84. The van der Waals surface area contributed by atoms with Crippen LogP contribution in [0.25, 0.3) is 0 Å². The molecule has 4 N–H and O–H groups in total. The molecule has 0 saturated carbocycles. The van der Waals surface area contributed by atoms with Gasteiger partial charge in [-0.05, 0) is 12.1 Å². The third-order valence-electron chi connectivity index (χ3n) is 5.32. The lowest BCUT2D eigenvalue weighted by molar-refractivity contribution is -0.193. The zero-order chi connectivity index (χ0) is 35.3. The number of imidazole rings is 1. The number of carboxylic acids is 3. The maximum absolute atomic E-state index is 10.6. The van der Waals surface area contributed by atoms with Crippen LogP contribution in [0, 0.1) is 0 Å². The lowest BCUT2D eigenvalue weighted by Gasteiger charge is -2.18. The molecule has 0 bridgehead atoms. The van der Waals surface area contributed by atoms with E-state index < -0.39 is 36.4 Å². The highest BCUT2D eigenvalue weighted by molar-refractivity contribution is 5.73. The molecule has 0 aliphatic carbocycles. The second kappa shape index (κ2) is 17.0. The van der Waals surface area contributed by atoms with Crippen LogP contribution < -0.4 is 5.32 Å². The Morgan fingerprint density at radius 3 is 1.80 bits per heavy atom. The molecule has 22 heteroatoms. The Morgan fingerprint density at radius 1 is 0.826 bits per heavy atom. The summed E-state index contributed by atoms with van der Waals surface area (Å²) in [5.74, 6) is -6.20. The predicted molar refractivity (Wildman–Crippen MR) is 137 cm³/mol. The molecule has 13 nitrogen and oxygen atoms in total. The highest BCUT2D eigenvalue weighted by Crippen LogP contribution is 2.16. The summed E-state index contributed by atoms with van der Waals surface area (Å²) in [6.07, 6.45) is -6.45. The normalized spacial score (nSPS) is 13.3. The topological polar surface area (TPSA) is 176 Å². The minimum absolute atomic E-state index is 0.743. The first-order valence-corrected chi connectivity index (χ1v) is 12.4. The molecular weight excluding hydrogens is 653 g/mol. The van der Waals surface area contributed by atoms with Crippen molar-refractivity contribution < 1.29 is 69.2 Å². The van der Waals surface area contributed by atoms with Crippen molar-refractivity contribution in [1.82, 2.24) is 29.2 Å². The van der Waals surface area contributed by atoms with Gasteiger partial charge < -0.3 is 25.2 Å². The minimum atomic E-state index is -5.08. The van der Waals surface area contributed by atoms with E-state index in [4.69, 9.17) is 29.7 Å². The lowest BCUT2D eigenvalue weighted by Crippen LogP contribution is -2.26. The molecule has 0 fully saturated rings. The fourth-order valence-electron chi connectivity index (χ4n) is 3.30. The molecular formula is C24H26F9N7O6. The summed E-state index contributed by atoms with van der Waals surface area (Å²) in [5.41, 5.74) is 2.47. The van der Waals surface area contributed by atoms with Crippen LogP contribution in [0.2, 0.25) is 0 Å². The van der Waals surface area contributed by atoms with E-state index in [0.717, 1.165) is 45.0 Å². The molecule has 0 spiro atoms. The van der Waals surface area contributed by atoms with Gasteiger partial charge in [0, 0.05) is 57.6 Å². The number of anilines is 1. The Bertz CT molecular complexity index is 1350.